The molecule has 18 heavy (non-hydrogen) atoms. The number of benzene rings is 1. The van der Waals surface area contributed by atoms with Gasteiger partial charge in [0.2, 0.25) is 0 Å². The highest BCUT2D eigenvalue weighted by Crippen LogP contribution is 2.20. The van der Waals surface area contributed by atoms with E-state index in [0.29, 0.717) is 13.0 Å². The smallest absolute Gasteiger partial charge is 0.124 e. The Hall–Kier alpha value is -1.50. The van der Waals surface area contributed by atoms with Crippen molar-refractivity contribution < 1.29 is 14.6 Å². The number of rotatable bonds is 3. The van der Waals surface area contributed by atoms with Gasteiger partial charge < -0.3 is 14.6 Å². The average Bonchev–Trinajstić information content (AvgIpc) is 2.85. The number of ether oxygens (including phenoxy) is 2. The fourth-order valence-electron chi connectivity index (χ4n) is 1.86. The van der Waals surface area contributed by atoms with Gasteiger partial charge in [-0.3, -0.25) is 0 Å². The maximum absolute atomic E-state index is 8.68. The Labute approximate surface area is 108 Å². The van der Waals surface area contributed by atoms with Crippen LogP contribution in [0.15, 0.2) is 18.2 Å². The molecule has 2 rings (SSSR count). The molecule has 1 fully saturated rings. The van der Waals surface area contributed by atoms with Crippen LogP contribution in [0.5, 0.6) is 5.75 Å². The summed E-state index contributed by atoms with van der Waals surface area (Å²) in [5.74, 6) is 6.84. The zero-order valence-electron chi connectivity index (χ0n) is 10.6. The van der Waals surface area contributed by atoms with Crippen LogP contribution in [0, 0.1) is 18.8 Å². The minimum atomic E-state index is 0.106. The molecular weight excluding hydrogens is 228 g/mol. The van der Waals surface area contributed by atoms with Gasteiger partial charge in [-0.2, -0.15) is 0 Å². The van der Waals surface area contributed by atoms with E-state index in [1.807, 2.05) is 25.1 Å². The summed E-state index contributed by atoms with van der Waals surface area (Å²) in [5, 5.41) is 8.68. The highest BCUT2D eigenvalue weighted by molar-refractivity contribution is 5.44. The van der Waals surface area contributed by atoms with Gasteiger partial charge in [0.1, 0.15) is 11.9 Å². The van der Waals surface area contributed by atoms with Crippen LogP contribution in [0.3, 0.4) is 0 Å². The number of hydrogen-bond donors (Lipinski definition) is 1. The molecule has 0 saturated carbocycles. The van der Waals surface area contributed by atoms with Crippen LogP contribution in [0.2, 0.25) is 0 Å². The van der Waals surface area contributed by atoms with E-state index in [4.69, 9.17) is 14.6 Å². The number of aliphatic hydroxyl groups is 1. The van der Waals surface area contributed by atoms with Crippen LogP contribution in [0.25, 0.3) is 0 Å². The minimum Gasteiger partial charge on any atom is -0.488 e. The SMILES string of the molecule is Cc1cc(OC2CCOC2)ccc1C#CCCO. The lowest BCUT2D eigenvalue weighted by atomic mass is 10.1. The van der Waals surface area contributed by atoms with Gasteiger partial charge in [0.05, 0.1) is 19.8 Å². The Kier molecular flexibility index (Phi) is 4.63. The fraction of sp³-hybridized carbons (Fsp3) is 0.467. The maximum atomic E-state index is 8.68. The summed E-state index contributed by atoms with van der Waals surface area (Å²) in [6.07, 6.45) is 1.64. The Morgan fingerprint density at radius 3 is 3.06 bits per heavy atom. The Morgan fingerprint density at radius 1 is 1.50 bits per heavy atom. The molecular formula is C15H18O3. The molecule has 0 radical (unpaired) electrons. The zero-order chi connectivity index (χ0) is 12.8. The Balaban J connectivity index is 2.02. The fourth-order valence-corrected chi connectivity index (χ4v) is 1.86. The highest BCUT2D eigenvalue weighted by Gasteiger charge is 2.17. The first-order valence-corrected chi connectivity index (χ1v) is 6.24. The summed E-state index contributed by atoms with van der Waals surface area (Å²) in [6.45, 7) is 3.58. The molecule has 3 heteroatoms. The van der Waals surface area contributed by atoms with Gasteiger partial charge in [-0.1, -0.05) is 11.8 Å². The van der Waals surface area contributed by atoms with E-state index in [1.165, 1.54) is 0 Å². The topological polar surface area (TPSA) is 38.7 Å². The minimum absolute atomic E-state index is 0.106. The van der Waals surface area contributed by atoms with Crippen LogP contribution in [-0.2, 0) is 4.74 Å². The maximum Gasteiger partial charge on any atom is 0.124 e. The van der Waals surface area contributed by atoms with E-state index >= 15 is 0 Å². The first-order chi connectivity index (χ1) is 8.79. The van der Waals surface area contributed by atoms with Gasteiger partial charge in [-0.15, -0.1) is 0 Å². The molecule has 96 valence electrons. The second kappa shape index (κ2) is 6.44. The molecule has 0 bridgehead atoms. The van der Waals surface area contributed by atoms with E-state index in [2.05, 4.69) is 11.8 Å². The molecule has 1 heterocycles. The number of aliphatic hydroxyl groups excluding tert-OH is 1. The van der Waals surface area contributed by atoms with Crippen molar-refractivity contribution in [1.82, 2.24) is 0 Å². The van der Waals surface area contributed by atoms with E-state index in [0.717, 1.165) is 29.9 Å². The molecule has 1 saturated heterocycles. The van der Waals surface area contributed by atoms with Gasteiger partial charge in [0, 0.05) is 18.4 Å². The third-order valence-electron chi connectivity index (χ3n) is 2.85. The van der Waals surface area contributed by atoms with Crippen LogP contribution >= 0.6 is 0 Å². The first-order valence-electron chi connectivity index (χ1n) is 6.24. The second-order valence-corrected chi connectivity index (χ2v) is 4.36. The highest BCUT2D eigenvalue weighted by atomic mass is 16.5. The van der Waals surface area contributed by atoms with Crippen LogP contribution in [0.4, 0.5) is 0 Å². The van der Waals surface area contributed by atoms with Gasteiger partial charge in [0.15, 0.2) is 0 Å². The summed E-state index contributed by atoms with van der Waals surface area (Å²) in [5.41, 5.74) is 2.08. The normalized spacial score (nSPS) is 18.2. The molecule has 0 aromatic heterocycles. The van der Waals surface area contributed by atoms with Crippen molar-refractivity contribution >= 4 is 0 Å². The molecule has 0 aliphatic carbocycles. The van der Waals surface area contributed by atoms with Gasteiger partial charge in [-0.25, -0.2) is 0 Å². The third kappa shape index (κ3) is 3.49. The van der Waals surface area contributed by atoms with E-state index in [1.54, 1.807) is 0 Å². The quantitative estimate of drug-likeness (QED) is 0.828. The molecule has 1 aliphatic rings. The van der Waals surface area contributed by atoms with E-state index < -0.39 is 0 Å². The van der Waals surface area contributed by atoms with E-state index in [-0.39, 0.29) is 12.7 Å². The zero-order valence-corrected chi connectivity index (χ0v) is 10.6. The Bertz CT molecular complexity index is 451. The molecule has 0 spiro atoms. The Morgan fingerprint density at radius 2 is 2.39 bits per heavy atom. The third-order valence-corrected chi connectivity index (χ3v) is 2.85. The summed E-state index contributed by atoms with van der Waals surface area (Å²) in [6, 6.07) is 5.90. The van der Waals surface area contributed by atoms with Crippen molar-refractivity contribution in [3.8, 4) is 17.6 Å². The van der Waals surface area contributed by atoms with Crippen LogP contribution in [-0.4, -0.2) is 31.0 Å². The average molecular weight is 246 g/mol. The lowest BCUT2D eigenvalue weighted by Gasteiger charge is -2.12. The molecule has 1 atom stereocenters. The number of aryl methyl sites for hydroxylation is 1. The molecule has 1 aromatic rings. The molecule has 3 nitrogen and oxygen atoms in total. The summed E-state index contributed by atoms with van der Waals surface area (Å²) in [7, 11) is 0. The molecule has 1 aliphatic heterocycles. The van der Waals surface area contributed by atoms with Crippen LogP contribution < -0.4 is 4.74 Å². The van der Waals surface area contributed by atoms with Gasteiger partial charge in [-0.05, 0) is 30.7 Å². The first kappa shape index (κ1) is 12.9. The molecule has 0 amide bonds. The molecule has 1 N–H and O–H groups in total. The molecule has 1 aromatic carbocycles. The van der Waals surface area contributed by atoms with Gasteiger partial charge in [0.25, 0.3) is 0 Å². The molecule has 1 unspecified atom stereocenters. The summed E-state index contributed by atoms with van der Waals surface area (Å²) in [4.78, 5) is 0. The lowest BCUT2D eigenvalue weighted by molar-refractivity contribution is 0.141. The second-order valence-electron chi connectivity index (χ2n) is 4.36. The predicted molar refractivity (Wildman–Crippen MR) is 69.6 cm³/mol. The number of hydrogen-bond acceptors (Lipinski definition) is 3. The monoisotopic (exact) mass is 246 g/mol. The van der Waals surface area contributed by atoms with Crippen molar-refractivity contribution in [2.45, 2.75) is 25.9 Å². The van der Waals surface area contributed by atoms with Gasteiger partial charge >= 0.3 is 0 Å². The lowest BCUT2D eigenvalue weighted by Crippen LogP contribution is -2.15. The summed E-state index contributed by atoms with van der Waals surface area (Å²) < 4.78 is 11.1. The van der Waals surface area contributed by atoms with Crippen molar-refractivity contribution in [2.24, 2.45) is 0 Å². The van der Waals surface area contributed by atoms with E-state index in [9.17, 15) is 0 Å². The predicted octanol–water partition coefficient (Wildman–Crippen LogP) is 1.90. The van der Waals surface area contributed by atoms with Crippen molar-refractivity contribution in [3.05, 3.63) is 29.3 Å². The standard InChI is InChI=1S/C15H18O3/c1-12-10-14(18-15-7-9-17-11-15)6-5-13(12)4-2-3-8-16/h5-6,10,15-16H,3,7-9,11H2,1H3. The van der Waals surface area contributed by atoms with Crippen LogP contribution in [0.1, 0.15) is 24.0 Å². The van der Waals surface area contributed by atoms with Crippen molar-refractivity contribution in [2.75, 3.05) is 19.8 Å². The largest absolute Gasteiger partial charge is 0.488 e. The van der Waals surface area contributed by atoms with Crippen molar-refractivity contribution in [3.63, 3.8) is 0 Å². The summed E-state index contributed by atoms with van der Waals surface area (Å²) >= 11 is 0. The van der Waals surface area contributed by atoms with Crippen molar-refractivity contribution in [1.29, 1.82) is 0 Å².